The van der Waals surface area contributed by atoms with Gasteiger partial charge in [0.25, 0.3) is 0 Å². The highest BCUT2D eigenvalue weighted by atomic mass is 14.8. The van der Waals surface area contributed by atoms with Crippen LogP contribution in [0, 0.1) is 13.8 Å². The standard InChI is InChI=1S/C12H19N/c1-9-5-6-10(2)12(7-9)11(3)8-13-4/h5-7,11,13H,8H2,1-4H3. The molecule has 0 saturated heterocycles. The summed E-state index contributed by atoms with van der Waals surface area (Å²) in [6, 6.07) is 6.67. The van der Waals surface area contributed by atoms with Gasteiger partial charge in [-0.3, -0.25) is 0 Å². The summed E-state index contributed by atoms with van der Waals surface area (Å²) < 4.78 is 0. The molecule has 0 saturated carbocycles. The lowest BCUT2D eigenvalue weighted by Crippen LogP contribution is -2.15. The summed E-state index contributed by atoms with van der Waals surface area (Å²) in [5.74, 6) is 0.602. The summed E-state index contributed by atoms with van der Waals surface area (Å²) in [7, 11) is 2.00. The molecule has 1 N–H and O–H groups in total. The van der Waals surface area contributed by atoms with Crippen LogP contribution in [0.2, 0.25) is 0 Å². The maximum absolute atomic E-state index is 3.21. The number of aryl methyl sites for hydroxylation is 2. The molecule has 1 heteroatoms. The monoisotopic (exact) mass is 177 g/mol. The normalized spacial score (nSPS) is 12.9. The average Bonchev–Trinajstić information content (AvgIpc) is 2.09. The van der Waals surface area contributed by atoms with Gasteiger partial charge >= 0.3 is 0 Å². The summed E-state index contributed by atoms with van der Waals surface area (Å²) in [6.45, 7) is 7.64. The van der Waals surface area contributed by atoms with Crippen LogP contribution in [0.4, 0.5) is 0 Å². The molecular weight excluding hydrogens is 158 g/mol. The van der Waals surface area contributed by atoms with Crippen molar-refractivity contribution in [3.8, 4) is 0 Å². The smallest absolute Gasteiger partial charge is 0.00145 e. The zero-order valence-corrected chi connectivity index (χ0v) is 9.02. The molecule has 1 atom stereocenters. The molecule has 1 rings (SSSR count). The Kier molecular flexibility index (Phi) is 3.49. The van der Waals surface area contributed by atoms with Crippen molar-refractivity contribution in [1.82, 2.24) is 5.32 Å². The molecule has 0 radical (unpaired) electrons. The van der Waals surface area contributed by atoms with Crippen molar-refractivity contribution in [2.45, 2.75) is 26.7 Å². The second kappa shape index (κ2) is 4.43. The molecule has 13 heavy (non-hydrogen) atoms. The van der Waals surface area contributed by atoms with Crippen LogP contribution >= 0.6 is 0 Å². The Hall–Kier alpha value is -0.820. The fourth-order valence-corrected chi connectivity index (χ4v) is 1.71. The number of benzene rings is 1. The molecule has 0 aliphatic rings. The minimum atomic E-state index is 0.602. The lowest BCUT2D eigenvalue weighted by Gasteiger charge is -2.14. The summed E-state index contributed by atoms with van der Waals surface area (Å²) in [6.07, 6.45) is 0. The van der Waals surface area contributed by atoms with Gasteiger partial charge < -0.3 is 5.32 Å². The summed E-state index contributed by atoms with van der Waals surface area (Å²) in [5, 5.41) is 3.21. The number of likely N-dealkylation sites (N-methyl/N-ethyl adjacent to an activating group) is 1. The molecule has 1 aromatic rings. The van der Waals surface area contributed by atoms with Crippen LogP contribution in [0.5, 0.6) is 0 Å². The molecule has 1 nitrogen and oxygen atoms in total. The van der Waals surface area contributed by atoms with Crippen LogP contribution in [0.15, 0.2) is 18.2 Å². The van der Waals surface area contributed by atoms with Crippen LogP contribution in [0.1, 0.15) is 29.5 Å². The Morgan fingerprint density at radius 1 is 1.31 bits per heavy atom. The third kappa shape index (κ3) is 2.56. The van der Waals surface area contributed by atoms with Gasteiger partial charge in [0, 0.05) is 6.54 Å². The first-order chi connectivity index (χ1) is 6.15. The van der Waals surface area contributed by atoms with Gasteiger partial charge in [0.1, 0.15) is 0 Å². The van der Waals surface area contributed by atoms with E-state index < -0.39 is 0 Å². The topological polar surface area (TPSA) is 12.0 Å². The molecule has 0 aliphatic carbocycles. The molecule has 0 fully saturated rings. The van der Waals surface area contributed by atoms with Gasteiger partial charge in [0.15, 0.2) is 0 Å². The van der Waals surface area contributed by atoms with Gasteiger partial charge in [-0.15, -0.1) is 0 Å². The van der Waals surface area contributed by atoms with Crippen molar-refractivity contribution in [3.63, 3.8) is 0 Å². The van der Waals surface area contributed by atoms with Crippen molar-refractivity contribution in [3.05, 3.63) is 34.9 Å². The van der Waals surface area contributed by atoms with Crippen molar-refractivity contribution in [1.29, 1.82) is 0 Å². The first-order valence-corrected chi connectivity index (χ1v) is 4.87. The van der Waals surface area contributed by atoms with Crippen LogP contribution in [-0.2, 0) is 0 Å². The molecule has 0 aliphatic heterocycles. The molecule has 72 valence electrons. The Morgan fingerprint density at radius 3 is 2.62 bits per heavy atom. The van der Waals surface area contributed by atoms with Gasteiger partial charge in [-0.1, -0.05) is 30.7 Å². The summed E-state index contributed by atoms with van der Waals surface area (Å²) >= 11 is 0. The summed E-state index contributed by atoms with van der Waals surface area (Å²) in [5.41, 5.74) is 4.21. The highest BCUT2D eigenvalue weighted by molar-refractivity contribution is 5.33. The van der Waals surface area contributed by atoms with E-state index in [1.165, 1.54) is 16.7 Å². The Labute approximate surface area is 81.2 Å². The number of nitrogens with one attached hydrogen (secondary N) is 1. The zero-order chi connectivity index (χ0) is 9.84. The third-order valence-electron chi connectivity index (χ3n) is 2.48. The SMILES string of the molecule is CNCC(C)c1cc(C)ccc1C. The van der Waals surface area contributed by atoms with E-state index in [2.05, 4.69) is 44.3 Å². The van der Waals surface area contributed by atoms with Gasteiger partial charge in [0.05, 0.1) is 0 Å². The van der Waals surface area contributed by atoms with E-state index in [-0.39, 0.29) is 0 Å². The van der Waals surface area contributed by atoms with Crippen LogP contribution in [0.3, 0.4) is 0 Å². The van der Waals surface area contributed by atoms with Crippen LogP contribution < -0.4 is 5.32 Å². The quantitative estimate of drug-likeness (QED) is 0.748. The first kappa shape index (κ1) is 10.3. The van der Waals surface area contributed by atoms with Crippen LogP contribution in [0.25, 0.3) is 0 Å². The molecule has 0 heterocycles. The van der Waals surface area contributed by atoms with E-state index in [1.54, 1.807) is 0 Å². The molecule has 1 aromatic carbocycles. The Morgan fingerprint density at radius 2 is 2.00 bits per heavy atom. The van der Waals surface area contributed by atoms with Gasteiger partial charge in [-0.2, -0.15) is 0 Å². The van der Waals surface area contributed by atoms with E-state index in [0.29, 0.717) is 5.92 Å². The molecule has 1 unspecified atom stereocenters. The van der Waals surface area contributed by atoms with E-state index in [4.69, 9.17) is 0 Å². The minimum absolute atomic E-state index is 0.602. The lowest BCUT2D eigenvalue weighted by atomic mass is 9.95. The number of hydrogen-bond acceptors (Lipinski definition) is 1. The lowest BCUT2D eigenvalue weighted by molar-refractivity contribution is 0.674. The summed E-state index contributed by atoms with van der Waals surface area (Å²) in [4.78, 5) is 0. The highest BCUT2D eigenvalue weighted by Gasteiger charge is 2.06. The van der Waals surface area contributed by atoms with Crippen molar-refractivity contribution in [2.24, 2.45) is 0 Å². The maximum Gasteiger partial charge on any atom is 0.00145 e. The van der Waals surface area contributed by atoms with E-state index in [1.807, 2.05) is 7.05 Å². The van der Waals surface area contributed by atoms with Crippen LogP contribution in [-0.4, -0.2) is 13.6 Å². The minimum Gasteiger partial charge on any atom is -0.319 e. The maximum atomic E-state index is 3.21. The fraction of sp³-hybridized carbons (Fsp3) is 0.500. The Balaban J connectivity index is 2.91. The first-order valence-electron chi connectivity index (χ1n) is 4.87. The van der Waals surface area contributed by atoms with E-state index >= 15 is 0 Å². The highest BCUT2D eigenvalue weighted by Crippen LogP contribution is 2.19. The van der Waals surface area contributed by atoms with Crippen molar-refractivity contribution in [2.75, 3.05) is 13.6 Å². The fourth-order valence-electron chi connectivity index (χ4n) is 1.71. The van der Waals surface area contributed by atoms with Crippen molar-refractivity contribution >= 4 is 0 Å². The molecule has 0 bridgehead atoms. The third-order valence-corrected chi connectivity index (χ3v) is 2.48. The van der Waals surface area contributed by atoms with Gasteiger partial charge in [-0.05, 0) is 37.9 Å². The van der Waals surface area contributed by atoms with E-state index in [9.17, 15) is 0 Å². The number of rotatable bonds is 3. The molecule has 0 amide bonds. The Bertz CT molecular complexity index is 278. The predicted octanol–water partition coefficient (Wildman–Crippen LogP) is 2.63. The van der Waals surface area contributed by atoms with Gasteiger partial charge in [0.2, 0.25) is 0 Å². The van der Waals surface area contributed by atoms with Crippen molar-refractivity contribution < 1.29 is 0 Å². The largest absolute Gasteiger partial charge is 0.319 e. The predicted molar refractivity (Wildman–Crippen MR) is 58.3 cm³/mol. The molecule has 0 aromatic heterocycles. The second-order valence-corrected chi connectivity index (χ2v) is 3.82. The number of hydrogen-bond donors (Lipinski definition) is 1. The zero-order valence-electron chi connectivity index (χ0n) is 9.02. The van der Waals surface area contributed by atoms with Gasteiger partial charge in [-0.25, -0.2) is 0 Å². The average molecular weight is 177 g/mol. The second-order valence-electron chi connectivity index (χ2n) is 3.82. The van der Waals surface area contributed by atoms with E-state index in [0.717, 1.165) is 6.54 Å². The molecular formula is C12H19N. The molecule has 0 spiro atoms.